The average molecular weight is 283 g/mol. The Morgan fingerprint density at radius 1 is 1.19 bits per heavy atom. The molecule has 0 unspecified atom stereocenters. The van der Waals surface area contributed by atoms with Crippen LogP contribution in [0.4, 0.5) is 5.69 Å². The normalized spacial score (nSPS) is 16.9. The van der Waals surface area contributed by atoms with Crippen molar-refractivity contribution in [2.75, 3.05) is 5.32 Å². The maximum Gasteiger partial charge on any atom is 0.210 e. The van der Waals surface area contributed by atoms with Gasteiger partial charge in [0.1, 0.15) is 0 Å². The van der Waals surface area contributed by atoms with Gasteiger partial charge in [-0.1, -0.05) is 25.3 Å². The van der Waals surface area contributed by atoms with E-state index < -0.39 is 0 Å². The lowest BCUT2D eigenvalue weighted by Crippen LogP contribution is -2.37. The summed E-state index contributed by atoms with van der Waals surface area (Å²) in [7, 11) is 0. The van der Waals surface area contributed by atoms with E-state index in [1.165, 1.54) is 19.3 Å². The van der Waals surface area contributed by atoms with Gasteiger partial charge in [-0.25, -0.2) is 10.8 Å². The van der Waals surface area contributed by atoms with E-state index in [1.54, 1.807) is 6.20 Å². The number of benzene rings is 1. The summed E-state index contributed by atoms with van der Waals surface area (Å²) in [5.74, 6) is 6.22. The van der Waals surface area contributed by atoms with Crippen molar-refractivity contribution in [3.63, 3.8) is 0 Å². The number of hydrazine groups is 1. The van der Waals surface area contributed by atoms with Gasteiger partial charge >= 0.3 is 0 Å². The molecule has 0 aliphatic heterocycles. The first kappa shape index (κ1) is 13.8. The van der Waals surface area contributed by atoms with Gasteiger partial charge in [-0.3, -0.25) is 10.4 Å². The number of anilines is 1. The third-order valence-corrected chi connectivity index (χ3v) is 3.89. The van der Waals surface area contributed by atoms with Crippen LogP contribution >= 0.6 is 0 Å². The standard InChI is InChI=1S/C16H21N5/c17-21-16(19-13-6-2-1-3-7-13)20-14-8-9-15-12(11-14)5-4-10-18-15/h4-5,8-11,13H,1-3,6-7,17H2,(H2,19,20,21). The van der Waals surface area contributed by atoms with Crippen LogP contribution in [0.3, 0.4) is 0 Å². The van der Waals surface area contributed by atoms with Crippen LogP contribution in [-0.4, -0.2) is 17.0 Å². The Hall–Kier alpha value is -2.14. The van der Waals surface area contributed by atoms with Crippen molar-refractivity contribution in [1.29, 1.82) is 0 Å². The zero-order valence-electron chi connectivity index (χ0n) is 12.0. The lowest BCUT2D eigenvalue weighted by atomic mass is 9.96. The Labute approximate surface area is 124 Å². The molecule has 0 radical (unpaired) electrons. The summed E-state index contributed by atoms with van der Waals surface area (Å²) in [5, 5.41) is 4.35. The van der Waals surface area contributed by atoms with Crippen LogP contribution in [0.2, 0.25) is 0 Å². The van der Waals surface area contributed by atoms with E-state index in [9.17, 15) is 0 Å². The van der Waals surface area contributed by atoms with E-state index in [0.717, 1.165) is 29.4 Å². The molecule has 2 aromatic rings. The molecule has 1 heterocycles. The number of nitrogens with zero attached hydrogens (tertiary/aromatic N) is 2. The number of aliphatic imine (C=N–C) groups is 1. The van der Waals surface area contributed by atoms with Crippen LogP contribution in [0, 0.1) is 0 Å². The van der Waals surface area contributed by atoms with Gasteiger partial charge in [0.25, 0.3) is 0 Å². The van der Waals surface area contributed by atoms with Crippen molar-refractivity contribution in [3.05, 3.63) is 36.5 Å². The first-order valence-corrected chi connectivity index (χ1v) is 7.51. The molecule has 1 fully saturated rings. The van der Waals surface area contributed by atoms with Crippen molar-refractivity contribution in [2.45, 2.75) is 38.1 Å². The molecule has 1 aliphatic rings. The maximum absolute atomic E-state index is 5.59. The summed E-state index contributed by atoms with van der Waals surface area (Å²) in [6.45, 7) is 0. The first-order chi connectivity index (χ1) is 10.3. The number of pyridine rings is 1. The third-order valence-electron chi connectivity index (χ3n) is 3.89. The zero-order valence-corrected chi connectivity index (χ0v) is 12.0. The van der Waals surface area contributed by atoms with Gasteiger partial charge in [-0.15, -0.1) is 0 Å². The van der Waals surface area contributed by atoms with Gasteiger partial charge in [-0.2, -0.15) is 0 Å². The van der Waals surface area contributed by atoms with Crippen LogP contribution in [0.1, 0.15) is 32.1 Å². The molecule has 4 N–H and O–H groups in total. The minimum absolute atomic E-state index is 0.374. The Balaban J connectivity index is 1.76. The van der Waals surface area contributed by atoms with Crippen LogP contribution < -0.4 is 16.6 Å². The van der Waals surface area contributed by atoms with E-state index in [1.807, 2.05) is 24.3 Å². The summed E-state index contributed by atoms with van der Waals surface area (Å²) in [4.78, 5) is 9.00. The smallest absolute Gasteiger partial charge is 0.210 e. The fourth-order valence-electron chi connectivity index (χ4n) is 2.79. The van der Waals surface area contributed by atoms with Crippen molar-refractivity contribution in [2.24, 2.45) is 10.8 Å². The molecule has 0 atom stereocenters. The molecule has 3 rings (SSSR count). The molecule has 1 aromatic heterocycles. The summed E-state index contributed by atoms with van der Waals surface area (Å²) in [6, 6.07) is 10.4. The van der Waals surface area contributed by atoms with Gasteiger partial charge in [0.2, 0.25) is 5.96 Å². The first-order valence-electron chi connectivity index (χ1n) is 7.51. The van der Waals surface area contributed by atoms with E-state index in [2.05, 4.69) is 26.8 Å². The summed E-state index contributed by atoms with van der Waals surface area (Å²) in [5.41, 5.74) is 4.61. The van der Waals surface area contributed by atoms with Crippen LogP contribution in [-0.2, 0) is 0 Å². The van der Waals surface area contributed by atoms with E-state index in [0.29, 0.717) is 12.0 Å². The highest BCUT2D eigenvalue weighted by Gasteiger charge is 2.13. The number of fused-ring (bicyclic) bond motifs is 1. The van der Waals surface area contributed by atoms with Crippen molar-refractivity contribution < 1.29 is 0 Å². The van der Waals surface area contributed by atoms with E-state index in [4.69, 9.17) is 5.84 Å². The molecule has 0 bridgehead atoms. The predicted molar refractivity (Wildman–Crippen MR) is 87.0 cm³/mol. The Morgan fingerprint density at radius 3 is 2.86 bits per heavy atom. The van der Waals surface area contributed by atoms with Crippen LogP contribution in [0.15, 0.2) is 41.5 Å². The zero-order chi connectivity index (χ0) is 14.5. The number of nitrogens with one attached hydrogen (secondary N) is 2. The lowest BCUT2D eigenvalue weighted by molar-refractivity contribution is 0.442. The third kappa shape index (κ3) is 3.49. The SMILES string of the molecule is NNC(=NC1CCCCC1)Nc1ccc2ncccc2c1. The second-order valence-electron chi connectivity index (χ2n) is 5.45. The number of guanidine groups is 1. The second kappa shape index (κ2) is 6.54. The number of nitrogens with two attached hydrogens (primary N) is 1. The molecular formula is C16H21N5. The molecule has 5 nitrogen and oxygen atoms in total. The highest BCUT2D eigenvalue weighted by molar-refractivity contribution is 5.95. The minimum atomic E-state index is 0.374. The molecule has 0 amide bonds. The number of hydrogen-bond acceptors (Lipinski definition) is 3. The van der Waals surface area contributed by atoms with E-state index >= 15 is 0 Å². The largest absolute Gasteiger partial charge is 0.325 e. The monoisotopic (exact) mass is 283 g/mol. The highest BCUT2D eigenvalue weighted by atomic mass is 15.3. The Kier molecular flexibility index (Phi) is 4.31. The molecule has 5 heteroatoms. The number of rotatable bonds is 2. The van der Waals surface area contributed by atoms with Crippen molar-refractivity contribution in [3.8, 4) is 0 Å². The quantitative estimate of drug-likeness (QED) is 0.343. The molecule has 1 aliphatic carbocycles. The Morgan fingerprint density at radius 2 is 2.05 bits per heavy atom. The lowest BCUT2D eigenvalue weighted by Gasteiger charge is -2.19. The number of hydrogen-bond donors (Lipinski definition) is 3. The molecule has 1 saturated carbocycles. The average Bonchev–Trinajstić information content (AvgIpc) is 2.55. The molecule has 0 saturated heterocycles. The molecule has 21 heavy (non-hydrogen) atoms. The predicted octanol–water partition coefficient (Wildman–Crippen LogP) is 2.80. The van der Waals surface area contributed by atoms with Crippen molar-refractivity contribution >= 4 is 22.5 Å². The van der Waals surface area contributed by atoms with Gasteiger partial charge in [-0.05, 0) is 37.1 Å². The summed E-state index contributed by atoms with van der Waals surface area (Å²) < 4.78 is 0. The van der Waals surface area contributed by atoms with Gasteiger partial charge in [0, 0.05) is 17.3 Å². The topological polar surface area (TPSA) is 75.3 Å². The molecule has 110 valence electrons. The summed E-state index contributed by atoms with van der Waals surface area (Å²) >= 11 is 0. The maximum atomic E-state index is 5.59. The van der Waals surface area contributed by atoms with Crippen molar-refractivity contribution in [1.82, 2.24) is 10.4 Å². The van der Waals surface area contributed by atoms with Crippen LogP contribution in [0.25, 0.3) is 10.9 Å². The fraction of sp³-hybridized carbons (Fsp3) is 0.375. The fourth-order valence-corrected chi connectivity index (χ4v) is 2.79. The van der Waals surface area contributed by atoms with Gasteiger partial charge in [0.15, 0.2) is 0 Å². The van der Waals surface area contributed by atoms with E-state index in [-0.39, 0.29) is 0 Å². The molecule has 1 aromatic carbocycles. The highest BCUT2D eigenvalue weighted by Crippen LogP contribution is 2.21. The van der Waals surface area contributed by atoms with Crippen LogP contribution in [0.5, 0.6) is 0 Å². The minimum Gasteiger partial charge on any atom is -0.325 e. The van der Waals surface area contributed by atoms with Gasteiger partial charge < -0.3 is 5.32 Å². The molecule has 0 spiro atoms. The van der Waals surface area contributed by atoms with Gasteiger partial charge in [0.05, 0.1) is 11.6 Å². The second-order valence-corrected chi connectivity index (χ2v) is 5.45. The summed E-state index contributed by atoms with van der Waals surface area (Å²) in [6.07, 6.45) is 7.93. The number of aromatic nitrogens is 1. The Bertz CT molecular complexity index is 631. The molecular weight excluding hydrogens is 262 g/mol.